The van der Waals surface area contributed by atoms with Gasteiger partial charge < -0.3 is 5.32 Å². The molecule has 0 bridgehead atoms. The average molecular weight is 227 g/mol. The third-order valence-electron chi connectivity index (χ3n) is 1.87. The van der Waals surface area contributed by atoms with E-state index in [0.717, 1.165) is 0 Å². The Bertz CT molecular complexity index is 523. The molecule has 2 heterocycles. The molecule has 0 fully saturated rings. The zero-order valence-corrected chi connectivity index (χ0v) is 8.87. The molecule has 2 aromatic rings. The number of hydrogen-bond acceptors (Lipinski definition) is 5. The van der Waals surface area contributed by atoms with Crippen LogP contribution < -0.4 is 5.32 Å². The van der Waals surface area contributed by atoms with Crippen molar-refractivity contribution in [2.75, 3.05) is 5.32 Å². The number of amides is 1. The average Bonchev–Trinajstić information content (AvgIpc) is 2.40. The highest BCUT2D eigenvalue weighted by Gasteiger charge is 2.04. The van der Waals surface area contributed by atoms with Gasteiger partial charge in [0.15, 0.2) is 11.6 Å². The molecule has 0 aliphatic rings. The monoisotopic (exact) mass is 227 g/mol. The van der Waals surface area contributed by atoms with E-state index in [2.05, 4.69) is 31.8 Å². The van der Waals surface area contributed by atoms with E-state index >= 15 is 0 Å². The van der Waals surface area contributed by atoms with Crippen molar-refractivity contribution >= 4 is 11.6 Å². The first kappa shape index (κ1) is 10.9. The lowest BCUT2D eigenvalue weighted by molar-refractivity contribution is -0.111. The predicted molar refractivity (Wildman–Crippen MR) is 61.9 cm³/mol. The minimum absolute atomic E-state index is 0.308. The first-order chi connectivity index (χ1) is 8.29. The van der Waals surface area contributed by atoms with Gasteiger partial charge in [0.2, 0.25) is 5.91 Å². The fourth-order valence-corrected chi connectivity index (χ4v) is 1.12. The Kier molecular flexibility index (Phi) is 3.15. The smallest absolute Gasteiger partial charge is 0.247 e. The van der Waals surface area contributed by atoms with E-state index < -0.39 is 0 Å². The molecule has 0 radical (unpaired) electrons. The zero-order chi connectivity index (χ0) is 12.1. The zero-order valence-electron chi connectivity index (χ0n) is 8.87. The summed E-state index contributed by atoms with van der Waals surface area (Å²) in [4.78, 5) is 27.2. The number of aromatic nitrogens is 4. The maximum absolute atomic E-state index is 11.0. The molecular weight excluding hydrogens is 218 g/mol. The fraction of sp³-hybridized carbons (Fsp3) is 0. The molecule has 0 saturated heterocycles. The molecule has 0 aliphatic heterocycles. The summed E-state index contributed by atoms with van der Waals surface area (Å²) in [7, 11) is 0. The standard InChI is InChI=1S/C11H9N5O/c1-2-9(17)16-8-6-14-11(15-7-8)10-12-4-3-5-13-10/h2-7H,1H2,(H,16,17). The van der Waals surface area contributed by atoms with Gasteiger partial charge in [-0.2, -0.15) is 0 Å². The van der Waals surface area contributed by atoms with E-state index in [0.29, 0.717) is 17.3 Å². The third-order valence-corrected chi connectivity index (χ3v) is 1.87. The molecule has 84 valence electrons. The van der Waals surface area contributed by atoms with E-state index in [1.54, 1.807) is 18.5 Å². The number of hydrogen-bond donors (Lipinski definition) is 1. The van der Waals surface area contributed by atoms with Crippen molar-refractivity contribution in [2.24, 2.45) is 0 Å². The molecule has 0 spiro atoms. The number of carbonyl (C=O) groups excluding carboxylic acids is 1. The molecule has 0 aliphatic carbocycles. The Morgan fingerprint density at radius 1 is 1.12 bits per heavy atom. The Morgan fingerprint density at radius 3 is 2.29 bits per heavy atom. The second-order valence-corrected chi connectivity index (χ2v) is 3.06. The first-order valence-corrected chi connectivity index (χ1v) is 4.82. The molecular formula is C11H9N5O. The van der Waals surface area contributed by atoms with Gasteiger partial charge in [-0.15, -0.1) is 0 Å². The molecule has 0 saturated carbocycles. The van der Waals surface area contributed by atoms with Crippen LogP contribution in [0.5, 0.6) is 0 Å². The largest absolute Gasteiger partial charge is 0.320 e. The Hall–Kier alpha value is -2.63. The van der Waals surface area contributed by atoms with Crippen molar-refractivity contribution in [3.63, 3.8) is 0 Å². The number of nitrogens with one attached hydrogen (secondary N) is 1. The summed E-state index contributed by atoms with van der Waals surface area (Å²) in [6.45, 7) is 3.35. The van der Waals surface area contributed by atoms with Gasteiger partial charge in [0.25, 0.3) is 0 Å². The minimum Gasteiger partial charge on any atom is -0.320 e. The SMILES string of the molecule is C=CC(=O)Nc1cnc(-c2ncccn2)nc1. The van der Waals surface area contributed by atoms with Gasteiger partial charge in [0.1, 0.15) is 0 Å². The molecule has 0 atom stereocenters. The van der Waals surface area contributed by atoms with Crippen LogP contribution >= 0.6 is 0 Å². The van der Waals surface area contributed by atoms with Crippen LogP contribution in [0.1, 0.15) is 0 Å². The minimum atomic E-state index is -0.308. The van der Waals surface area contributed by atoms with Crippen LogP contribution in [0.25, 0.3) is 11.6 Å². The second-order valence-electron chi connectivity index (χ2n) is 3.06. The van der Waals surface area contributed by atoms with Crippen molar-refractivity contribution in [1.82, 2.24) is 19.9 Å². The number of nitrogens with zero attached hydrogens (tertiary/aromatic N) is 4. The van der Waals surface area contributed by atoms with Gasteiger partial charge in [0.05, 0.1) is 18.1 Å². The van der Waals surface area contributed by atoms with Gasteiger partial charge in [-0.3, -0.25) is 4.79 Å². The van der Waals surface area contributed by atoms with Crippen LogP contribution in [-0.4, -0.2) is 25.8 Å². The van der Waals surface area contributed by atoms with Crippen molar-refractivity contribution in [3.8, 4) is 11.6 Å². The lowest BCUT2D eigenvalue weighted by Gasteiger charge is -2.01. The van der Waals surface area contributed by atoms with Gasteiger partial charge in [0, 0.05) is 12.4 Å². The van der Waals surface area contributed by atoms with Crippen LogP contribution in [-0.2, 0) is 4.79 Å². The molecule has 0 aromatic carbocycles. The van der Waals surface area contributed by atoms with E-state index in [9.17, 15) is 4.79 Å². The summed E-state index contributed by atoms with van der Waals surface area (Å²) in [6.07, 6.45) is 7.37. The fourth-order valence-electron chi connectivity index (χ4n) is 1.12. The van der Waals surface area contributed by atoms with E-state index in [4.69, 9.17) is 0 Å². The van der Waals surface area contributed by atoms with Gasteiger partial charge in [-0.25, -0.2) is 19.9 Å². The maximum Gasteiger partial charge on any atom is 0.247 e. The highest BCUT2D eigenvalue weighted by molar-refractivity contribution is 5.98. The number of anilines is 1. The molecule has 2 rings (SSSR count). The highest BCUT2D eigenvalue weighted by Crippen LogP contribution is 2.09. The third kappa shape index (κ3) is 2.69. The summed E-state index contributed by atoms with van der Waals surface area (Å²) in [5.41, 5.74) is 0.495. The van der Waals surface area contributed by atoms with Crippen molar-refractivity contribution in [1.29, 1.82) is 0 Å². The quantitative estimate of drug-likeness (QED) is 0.793. The molecule has 0 unspecified atom stereocenters. The van der Waals surface area contributed by atoms with Gasteiger partial charge >= 0.3 is 0 Å². The Labute approximate surface area is 97.5 Å². The highest BCUT2D eigenvalue weighted by atomic mass is 16.1. The summed E-state index contributed by atoms with van der Waals surface area (Å²) in [6, 6.07) is 1.71. The van der Waals surface area contributed by atoms with Crippen LogP contribution in [0.4, 0.5) is 5.69 Å². The first-order valence-electron chi connectivity index (χ1n) is 4.82. The van der Waals surface area contributed by atoms with Gasteiger partial charge in [-0.05, 0) is 12.1 Å². The molecule has 1 N–H and O–H groups in total. The Balaban J connectivity index is 2.19. The lowest BCUT2D eigenvalue weighted by atomic mass is 10.4. The normalized spacial score (nSPS) is 9.65. The lowest BCUT2D eigenvalue weighted by Crippen LogP contribution is -2.08. The van der Waals surface area contributed by atoms with Crippen LogP contribution in [0.15, 0.2) is 43.5 Å². The second kappa shape index (κ2) is 4.93. The van der Waals surface area contributed by atoms with Crippen molar-refractivity contribution in [2.45, 2.75) is 0 Å². The predicted octanol–water partition coefficient (Wildman–Crippen LogP) is 1.06. The van der Waals surface area contributed by atoms with E-state index in [1.165, 1.54) is 18.5 Å². The van der Waals surface area contributed by atoms with Crippen LogP contribution in [0.2, 0.25) is 0 Å². The number of rotatable bonds is 3. The molecule has 2 aromatic heterocycles. The van der Waals surface area contributed by atoms with E-state index in [1.807, 2.05) is 0 Å². The van der Waals surface area contributed by atoms with E-state index in [-0.39, 0.29) is 5.91 Å². The number of carbonyl (C=O) groups is 1. The summed E-state index contributed by atoms with van der Waals surface area (Å²) in [5, 5.41) is 2.55. The van der Waals surface area contributed by atoms with Crippen molar-refractivity contribution < 1.29 is 4.79 Å². The summed E-state index contributed by atoms with van der Waals surface area (Å²) >= 11 is 0. The maximum atomic E-state index is 11.0. The summed E-state index contributed by atoms with van der Waals surface area (Å²) < 4.78 is 0. The Morgan fingerprint density at radius 2 is 1.71 bits per heavy atom. The molecule has 1 amide bonds. The molecule has 6 heteroatoms. The van der Waals surface area contributed by atoms with Crippen LogP contribution in [0, 0.1) is 0 Å². The topological polar surface area (TPSA) is 80.7 Å². The van der Waals surface area contributed by atoms with Gasteiger partial charge in [-0.1, -0.05) is 6.58 Å². The van der Waals surface area contributed by atoms with Crippen molar-refractivity contribution in [3.05, 3.63) is 43.5 Å². The van der Waals surface area contributed by atoms with Crippen LogP contribution in [0.3, 0.4) is 0 Å². The summed E-state index contributed by atoms with van der Waals surface area (Å²) in [5.74, 6) is 0.536. The molecule has 6 nitrogen and oxygen atoms in total. The molecule has 17 heavy (non-hydrogen) atoms.